The lowest BCUT2D eigenvalue weighted by molar-refractivity contribution is 0.628. The molecule has 0 fully saturated rings. The molecule has 2 heterocycles. The fraction of sp³-hybridized carbons (Fsp3) is 0.235. The van der Waals surface area contributed by atoms with Gasteiger partial charge in [0, 0.05) is 11.8 Å². The van der Waals surface area contributed by atoms with E-state index in [0.29, 0.717) is 10.7 Å². The molecule has 3 nitrogen and oxygen atoms in total. The van der Waals surface area contributed by atoms with E-state index in [1.807, 2.05) is 18.2 Å². The number of rotatable bonds is 3. The number of halogens is 1. The van der Waals surface area contributed by atoms with Gasteiger partial charge in [-0.05, 0) is 36.8 Å². The van der Waals surface area contributed by atoms with Crippen molar-refractivity contribution >= 4 is 28.6 Å². The van der Waals surface area contributed by atoms with Gasteiger partial charge in [-0.15, -0.1) is 0 Å². The fourth-order valence-electron chi connectivity index (χ4n) is 2.50. The van der Waals surface area contributed by atoms with Crippen molar-refractivity contribution in [2.75, 3.05) is 5.32 Å². The van der Waals surface area contributed by atoms with Crippen LogP contribution in [0.5, 0.6) is 0 Å². The second-order valence-electron chi connectivity index (χ2n) is 5.18. The van der Waals surface area contributed by atoms with Gasteiger partial charge in [-0.3, -0.25) is 9.98 Å². The Bertz CT molecular complexity index is 728. The van der Waals surface area contributed by atoms with Crippen LogP contribution in [0.1, 0.15) is 31.0 Å². The zero-order valence-corrected chi connectivity index (χ0v) is 13.0. The lowest BCUT2D eigenvalue weighted by Gasteiger charge is -2.12. The van der Waals surface area contributed by atoms with E-state index in [1.54, 1.807) is 12.3 Å². The highest BCUT2D eigenvalue weighted by Crippen LogP contribution is 2.26. The van der Waals surface area contributed by atoms with Crippen LogP contribution in [0.15, 0.2) is 47.6 Å². The summed E-state index contributed by atoms with van der Waals surface area (Å²) in [4.78, 5) is 9.83. The minimum absolute atomic E-state index is 0.118. The van der Waals surface area contributed by atoms with Crippen molar-refractivity contribution in [3.05, 3.63) is 59.7 Å². The van der Waals surface area contributed by atoms with Crippen LogP contribution in [0.25, 0.3) is 0 Å². The molecule has 112 valence electrons. The van der Waals surface area contributed by atoms with Crippen molar-refractivity contribution < 1.29 is 4.39 Å². The first-order valence-electron chi connectivity index (χ1n) is 7.29. The maximum absolute atomic E-state index is 13.6. The van der Waals surface area contributed by atoms with Gasteiger partial charge in [-0.1, -0.05) is 31.6 Å². The van der Waals surface area contributed by atoms with Gasteiger partial charge in [0.2, 0.25) is 0 Å². The summed E-state index contributed by atoms with van der Waals surface area (Å²) in [5.74, 6) is -0.302. The maximum Gasteiger partial charge on any atom is 0.125 e. The molecule has 1 aromatic heterocycles. The molecule has 5 heteroatoms. The number of hydrogen-bond donors (Lipinski definition) is 1. The van der Waals surface area contributed by atoms with Gasteiger partial charge in [0.15, 0.2) is 0 Å². The predicted octanol–water partition coefficient (Wildman–Crippen LogP) is 3.98. The molecule has 1 atom stereocenters. The molecule has 0 saturated carbocycles. The average Bonchev–Trinajstić information content (AvgIpc) is 2.65. The number of pyridine rings is 1. The number of aromatic nitrogens is 1. The van der Waals surface area contributed by atoms with Crippen LogP contribution in [-0.2, 0) is 0 Å². The lowest BCUT2D eigenvalue weighted by atomic mass is 10.0. The molecular formula is C17H16FN3S. The topological polar surface area (TPSA) is 37.3 Å². The molecule has 0 spiro atoms. The van der Waals surface area contributed by atoms with Crippen molar-refractivity contribution in [1.29, 1.82) is 0 Å². The highest BCUT2D eigenvalue weighted by atomic mass is 32.1. The Labute approximate surface area is 134 Å². The summed E-state index contributed by atoms with van der Waals surface area (Å²) < 4.78 is 13.6. The Morgan fingerprint density at radius 1 is 1.27 bits per heavy atom. The third-order valence-corrected chi connectivity index (χ3v) is 3.93. The summed E-state index contributed by atoms with van der Waals surface area (Å²) in [6, 6.07) is 10.2. The van der Waals surface area contributed by atoms with Crippen molar-refractivity contribution in [1.82, 2.24) is 4.98 Å². The molecule has 2 aromatic rings. The number of thiocarbonyl (C=S) groups is 1. The third-order valence-electron chi connectivity index (χ3n) is 3.55. The van der Waals surface area contributed by atoms with Crippen LogP contribution >= 0.6 is 12.2 Å². The van der Waals surface area contributed by atoms with Gasteiger partial charge in [0.05, 0.1) is 17.1 Å². The molecule has 0 bridgehead atoms. The number of aliphatic imine (C=N–C) groups is 1. The number of nitrogens with zero attached hydrogens (tertiary/aromatic N) is 2. The minimum atomic E-state index is -0.302. The summed E-state index contributed by atoms with van der Waals surface area (Å²) in [6.07, 6.45) is 3.54. The average molecular weight is 313 g/mol. The van der Waals surface area contributed by atoms with Gasteiger partial charge >= 0.3 is 0 Å². The van der Waals surface area contributed by atoms with Crippen LogP contribution in [-0.4, -0.2) is 21.7 Å². The summed E-state index contributed by atoms with van der Waals surface area (Å²) in [6.45, 7) is 2.09. The molecule has 22 heavy (non-hydrogen) atoms. The zero-order valence-electron chi connectivity index (χ0n) is 12.2. The van der Waals surface area contributed by atoms with Crippen LogP contribution < -0.4 is 5.32 Å². The van der Waals surface area contributed by atoms with Gasteiger partial charge in [-0.25, -0.2) is 4.39 Å². The summed E-state index contributed by atoms with van der Waals surface area (Å²) in [5.41, 5.74) is 2.98. The zero-order chi connectivity index (χ0) is 15.5. The maximum atomic E-state index is 13.6. The van der Waals surface area contributed by atoms with E-state index in [4.69, 9.17) is 17.2 Å². The van der Waals surface area contributed by atoms with Crippen LogP contribution in [0, 0.1) is 5.82 Å². The van der Waals surface area contributed by atoms with Crippen molar-refractivity contribution in [2.24, 2.45) is 4.99 Å². The van der Waals surface area contributed by atoms with E-state index in [0.717, 1.165) is 29.8 Å². The number of nitrogens with one attached hydrogen (secondary N) is 1. The second-order valence-corrected chi connectivity index (χ2v) is 5.62. The smallest absolute Gasteiger partial charge is 0.125 e. The lowest BCUT2D eigenvalue weighted by Crippen LogP contribution is -2.23. The van der Waals surface area contributed by atoms with E-state index in [9.17, 15) is 4.39 Å². The highest BCUT2D eigenvalue weighted by Gasteiger charge is 2.23. The number of benzodiazepines with no additional fused rings is 1. The summed E-state index contributed by atoms with van der Waals surface area (Å²) in [5, 5.41) is 3.15. The molecule has 1 unspecified atom stereocenters. The van der Waals surface area contributed by atoms with E-state index in [1.165, 1.54) is 12.1 Å². The van der Waals surface area contributed by atoms with Crippen molar-refractivity contribution in [3.63, 3.8) is 0 Å². The molecule has 1 aliphatic heterocycles. The van der Waals surface area contributed by atoms with Crippen molar-refractivity contribution in [2.45, 2.75) is 25.8 Å². The quantitative estimate of drug-likeness (QED) is 0.871. The monoisotopic (exact) mass is 313 g/mol. The SMILES string of the molecule is CCCC1N=C(c2ccccn2)c2ccc(F)cc2NC1=S. The Morgan fingerprint density at radius 2 is 2.14 bits per heavy atom. The predicted molar refractivity (Wildman–Crippen MR) is 91.2 cm³/mol. The highest BCUT2D eigenvalue weighted by molar-refractivity contribution is 7.80. The molecular weight excluding hydrogens is 297 g/mol. The Hall–Kier alpha value is -2.14. The number of fused-ring (bicyclic) bond motifs is 1. The molecule has 1 N–H and O–H groups in total. The normalized spacial score (nSPS) is 17.3. The van der Waals surface area contributed by atoms with Gasteiger partial charge in [0.25, 0.3) is 0 Å². The Morgan fingerprint density at radius 3 is 2.86 bits per heavy atom. The number of anilines is 1. The van der Waals surface area contributed by atoms with Crippen molar-refractivity contribution in [3.8, 4) is 0 Å². The van der Waals surface area contributed by atoms with Crippen LogP contribution in [0.3, 0.4) is 0 Å². The van der Waals surface area contributed by atoms with E-state index < -0.39 is 0 Å². The molecule has 0 aliphatic carbocycles. The van der Waals surface area contributed by atoms with Crippen LogP contribution in [0.4, 0.5) is 10.1 Å². The molecule has 0 saturated heterocycles. The van der Waals surface area contributed by atoms with E-state index in [-0.39, 0.29) is 11.9 Å². The number of hydrogen-bond acceptors (Lipinski definition) is 3. The molecule has 0 radical (unpaired) electrons. The first-order valence-corrected chi connectivity index (χ1v) is 7.70. The fourth-order valence-corrected chi connectivity index (χ4v) is 2.78. The van der Waals surface area contributed by atoms with Crippen LogP contribution in [0.2, 0.25) is 0 Å². The molecule has 1 aromatic carbocycles. The molecule has 3 rings (SSSR count). The van der Waals surface area contributed by atoms with Gasteiger partial charge < -0.3 is 5.32 Å². The first kappa shape index (κ1) is 14.8. The largest absolute Gasteiger partial charge is 0.348 e. The standard InChI is InChI=1S/C17H16FN3S/c1-2-5-14-17(22)21-15-10-11(18)7-8-12(15)16(20-14)13-6-3-4-9-19-13/h3-4,6-10,14H,2,5H2,1H3,(H,21,22). The Kier molecular flexibility index (Phi) is 4.24. The molecule has 1 aliphatic rings. The second kappa shape index (κ2) is 6.32. The number of benzene rings is 1. The third kappa shape index (κ3) is 2.90. The molecule has 0 amide bonds. The summed E-state index contributed by atoms with van der Waals surface area (Å²) >= 11 is 5.44. The minimum Gasteiger partial charge on any atom is -0.348 e. The van der Waals surface area contributed by atoms with E-state index in [2.05, 4.69) is 17.2 Å². The van der Waals surface area contributed by atoms with E-state index >= 15 is 0 Å². The summed E-state index contributed by atoms with van der Waals surface area (Å²) in [7, 11) is 0. The van der Waals surface area contributed by atoms with Gasteiger partial charge in [-0.2, -0.15) is 0 Å². The Balaban J connectivity index is 2.17. The van der Waals surface area contributed by atoms with Gasteiger partial charge in [0.1, 0.15) is 16.8 Å². The first-order chi connectivity index (χ1) is 10.7.